The summed E-state index contributed by atoms with van der Waals surface area (Å²) >= 11 is 5.37. The van der Waals surface area contributed by atoms with Crippen molar-refractivity contribution in [2.24, 2.45) is 0 Å². The molecule has 18 heavy (non-hydrogen) atoms. The molecule has 1 atom stereocenters. The van der Waals surface area contributed by atoms with Crippen LogP contribution in [0.5, 0.6) is 0 Å². The minimum absolute atomic E-state index is 0.384. The lowest BCUT2D eigenvalue weighted by atomic mass is 9.99. The number of nitrogens with one attached hydrogen (secondary N) is 1. The molecule has 1 unspecified atom stereocenters. The number of hydrogen-bond donors (Lipinski definition) is 1. The topological polar surface area (TPSA) is 12.0 Å². The quantitative estimate of drug-likeness (QED) is 0.864. The van der Waals surface area contributed by atoms with Gasteiger partial charge in [-0.05, 0) is 60.4 Å². The Balaban J connectivity index is 2.22. The summed E-state index contributed by atoms with van der Waals surface area (Å²) in [6.07, 6.45) is 1.03. The first-order chi connectivity index (χ1) is 8.60. The molecule has 0 amide bonds. The molecular weight excluding hydrogens is 306 g/mol. The second-order valence-electron chi connectivity index (χ2n) is 4.60. The van der Waals surface area contributed by atoms with Crippen LogP contribution in [0.3, 0.4) is 0 Å². The lowest BCUT2D eigenvalue weighted by molar-refractivity contribution is 0.591. The first-order valence-electron chi connectivity index (χ1n) is 6.09. The molecule has 1 N–H and O–H groups in total. The maximum atomic E-state index is 3.57. The van der Waals surface area contributed by atoms with Gasteiger partial charge in [-0.15, -0.1) is 11.3 Å². The first kappa shape index (κ1) is 13.8. The van der Waals surface area contributed by atoms with Crippen LogP contribution in [0, 0.1) is 13.8 Å². The number of aryl methyl sites for hydroxylation is 2. The third-order valence-electron chi connectivity index (χ3n) is 3.17. The van der Waals surface area contributed by atoms with Crippen LogP contribution in [-0.4, -0.2) is 7.05 Å². The van der Waals surface area contributed by atoms with Crippen LogP contribution in [0.4, 0.5) is 0 Å². The van der Waals surface area contributed by atoms with Gasteiger partial charge in [0.15, 0.2) is 0 Å². The van der Waals surface area contributed by atoms with E-state index in [0.717, 1.165) is 6.42 Å². The van der Waals surface area contributed by atoms with Gasteiger partial charge in [0.2, 0.25) is 0 Å². The van der Waals surface area contributed by atoms with Crippen LogP contribution in [0.2, 0.25) is 0 Å². The van der Waals surface area contributed by atoms with E-state index in [1.165, 1.54) is 25.4 Å². The molecule has 0 saturated carbocycles. The minimum atomic E-state index is 0.384. The second-order valence-corrected chi connectivity index (χ2v) is 7.23. The van der Waals surface area contributed by atoms with E-state index in [1.54, 1.807) is 11.3 Å². The zero-order chi connectivity index (χ0) is 13.1. The van der Waals surface area contributed by atoms with Crippen molar-refractivity contribution in [3.63, 3.8) is 0 Å². The molecule has 1 nitrogen and oxygen atoms in total. The van der Waals surface area contributed by atoms with Gasteiger partial charge in [0.1, 0.15) is 0 Å². The van der Waals surface area contributed by atoms with Crippen molar-refractivity contribution in [1.29, 1.82) is 0 Å². The Labute approximate surface area is 121 Å². The Morgan fingerprint density at radius 1 is 1.28 bits per heavy atom. The Hall–Kier alpha value is -0.640. The van der Waals surface area contributed by atoms with Crippen LogP contribution in [0.25, 0.3) is 0 Å². The fourth-order valence-electron chi connectivity index (χ4n) is 2.25. The molecule has 0 fully saturated rings. The normalized spacial score (nSPS) is 12.7. The highest BCUT2D eigenvalue weighted by Gasteiger charge is 2.15. The largest absolute Gasteiger partial charge is 0.313 e. The van der Waals surface area contributed by atoms with Gasteiger partial charge >= 0.3 is 0 Å². The van der Waals surface area contributed by atoms with Crippen molar-refractivity contribution in [2.75, 3.05) is 7.05 Å². The van der Waals surface area contributed by atoms with E-state index in [2.05, 4.69) is 65.4 Å². The van der Waals surface area contributed by atoms with E-state index >= 15 is 0 Å². The maximum absolute atomic E-state index is 3.57. The van der Waals surface area contributed by atoms with Crippen LogP contribution in [0.1, 0.15) is 27.6 Å². The van der Waals surface area contributed by atoms with Crippen LogP contribution in [0.15, 0.2) is 34.1 Å². The molecule has 0 saturated heterocycles. The molecule has 1 aromatic carbocycles. The Morgan fingerprint density at radius 2 is 2.06 bits per heavy atom. The molecule has 0 aliphatic heterocycles. The number of benzene rings is 1. The molecule has 96 valence electrons. The average Bonchev–Trinajstić information content (AvgIpc) is 2.65. The predicted molar refractivity (Wildman–Crippen MR) is 83.4 cm³/mol. The van der Waals surface area contributed by atoms with E-state index in [0.29, 0.717) is 6.04 Å². The molecule has 0 aliphatic rings. The number of halogens is 1. The van der Waals surface area contributed by atoms with Crippen molar-refractivity contribution in [1.82, 2.24) is 5.32 Å². The molecule has 0 radical (unpaired) electrons. The van der Waals surface area contributed by atoms with Crippen molar-refractivity contribution < 1.29 is 0 Å². The number of rotatable bonds is 4. The van der Waals surface area contributed by atoms with E-state index < -0.39 is 0 Å². The summed E-state index contributed by atoms with van der Waals surface area (Å²) in [5.74, 6) is 0. The van der Waals surface area contributed by atoms with Gasteiger partial charge in [-0.1, -0.05) is 29.8 Å². The van der Waals surface area contributed by atoms with Crippen molar-refractivity contribution >= 4 is 27.3 Å². The highest BCUT2D eigenvalue weighted by molar-refractivity contribution is 9.11. The summed E-state index contributed by atoms with van der Waals surface area (Å²) in [5.41, 5.74) is 4.11. The Morgan fingerprint density at radius 3 is 2.61 bits per heavy atom. The summed E-state index contributed by atoms with van der Waals surface area (Å²) in [7, 11) is 2.03. The summed E-state index contributed by atoms with van der Waals surface area (Å²) in [4.78, 5) is 1.38. The lowest BCUT2D eigenvalue weighted by Crippen LogP contribution is -2.19. The predicted octanol–water partition coefficient (Wildman–Crippen LogP) is 4.63. The number of likely N-dealkylation sites (N-methyl/N-ethyl adjacent to an activating group) is 1. The average molecular weight is 324 g/mol. The molecule has 0 aliphatic carbocycles. The van der Waals surface area contributed by atoms with Crippen molar-refractivity contribution in [3.8, 4) is 0 Å². The van der Waals surface area contributed by atoms with Gasteiger partial charge in [-0.25, -0.2) is 0 Å². The molecule has 1 aromatic heterocycles. The smallest absolute Gasteiger partial charge is 0.0704 e. The van der Waals surface area contributed by atoms with Crippen LogP contribution < -0.4 is 5.32 Å². The SMILES string of the molecule is CNC(Cc1cccc(C)c1)c1cc(Br)sc1C. The van der Waals surface area contributed by atoms with Gasteiger partial charge in [-0.2, -0.15) is 0 Å². The summed E-state index contributed by atoms with van der Waals surface area (Å²) < 4.78 is 1.21. The Bertz CT molecular complexity index is 533. The fraction of sp³-hybridized carbons (Fsp3) is 0.333. The third kappa shape index (κ3) is 3.22. The molecule has 1 heterocycles. The fourth-order valence-corrected chi connectivity index (χ4v) is 4.02. The zero-order valence-electron chi connectivity index (χ0n) is 11.0. The van der Waals surface area contributed by atoms with Crippen molar-refractivity contribution in [3.05, 3.63) is 55.7 Å². The van der Waals surface area contributed by atoms with Gasteiger partial charge in [0.25, 0.3) is 0 Å². The van der Waals surface area contributed by atoms with Crippen LogP contribution in [-0.2, 0) is 6.42 Å². The third-order valence-corrected chi connectivity index (χ3v) is 4.74. The van der Waals surface area contributed by atoms with E-state index in [-0.39, 0.29) is 0 Å². The second kappa shape index (κ2) is 6.00. The monoisotopic (exact) mass is 323 g/mol. The van der Waals surface area contributed by atoms with Gasteiger partial charge in [0.05, 0.1) is 3.79 Å². The maximum Gasteiger partial charge on any atom is 0.0704 e. The van der Waals surface area contributed by atoms with E-state index in [1.807, 2.05) is 7.05 Å². The molecule has 0 spiro atoms. The first-order valence-corrected chi connectivity index (χ1v) is 7.69. The highest BCUT2D eigenvalue weighted by Crippen LogP contribution is 2.32. The standard InChI is InChI=1S/C15H18BrNS/c1-10-5-4-6-12(7-10)8-14(17-3)13-9-15(16)18-11(13)2/h4-7,9,14,17H,8H2,1-3H3. The van der Waals surface area contributed by atoms with Gasteiger partial charge in [0, 0.05) is 10.9 Å². The summed E-state index contributed by atoms with van der Waals surface area (Å²) in [6.45, 7) is 4.33. The lowest BCUT2D eigenvalue weighted by Gasteiger charge is -2.16. The Kier molecular flexibility index (Phi) is 4.60. The van der Waals surface area contributed by atoms with Gasteiger partial charge in [-0.3, -0.25) is 0 Å². The van der Waals surface area contributed by atoms with Crippen molar-refractivity contribution in [2.45, 2.75) is 26.3 Å². The molecule has 0 bridgehead atoms. The van der Waals surface area contributed by atoms with E-state index in [9.17, 15) is 0 Å². The summed E-state index contributed by atoms with van der Waals surface area (Å²) in [6, 6.07) is 11.4. The highest BCUT2D eigenvalue weighted by atomic mass is 79.9. The van der Waals surface area contributed by atoms with Gasteiger partial charge < -0.3 is 5.32 Å². The molecular formula is C15H18BrNS. The summed E-state index contributed by atoms with van der Waals surface area (Å²) in [5, 5.41) is 3.43. The molecule has 2 aromatic rings. The molecule has 2 rings (SSSR count). The number of thiophene rings is 1. The number of hydrogen-bond acceptors (Lipinski definition) is 2. The molecule has 3 heteroatoms. The zero-order valence-corrected chi connectivity index (χ0v) is 13.4. The minimum Gasteiger partial charge on any atom is -0.313 e. The van der Waals surface area contributed by atoms with Crippen LogP contribution >= 0.6 is 27.3 Å². The van der Waals surface area contributed by atoms with E-state index in [4.69, 9.17) is 0 Å².